The van der Waals surface area contributed by atoms with Crippen LogP contribution in [0.3, 0.4) is 0 Å². The van der Waals surface area contributed by atoms with E-state index in [1.807, 2.05) is 44.2 Å². The Morgan fingerprint density at radius 1 is 0.914 bits per heavy atom. The summed E-state index contributed by atoms with van der Waals surface area (Å²) in [4.78, 5) is 41.3. The van der Waals surface area contributed by atoms with Crippen LogP contribution in [0.2, 0.25) is 0 Å². The molecule has 0 amide bonds. The summed E-state index contributed by atoms with van der Waals surface area (Å²) < 4.78 is 4.49. The number of allylic oxidation sites excluding steroid dienone is 2. The van der Waals surface area contributed by atoms with Crippen LogP contribution >= 0.6 is 0 Å². The molecule has 1 aliphatic carbocycles. The number of nitrogens with zero attached hydrogens (tertiary/aromatic N) is 6. The molecule has 9 nitrogen and oxygen atoms in total. The third kappa shape index (κ3) is 2.57. The third-order valence-electron chi connectivity index (χ3n) is 7.17. The van der Waals surface area contributed by atoms with Gasteiger partial charge in [-0.25, -0.2) is 9.36 Å². The molecular formula is C26H20N6O3. The van der Waals surface area contributed by atoms with Crippen molar-refractivity contribution < 1.29 is 4.79 Å². The van der Waals surface area contributed by atoms with Crippen LogP contribution in [0.25, 0.3) is 33.0 Å². The number of hydrogen-bond donors (Lipinski definition) is 0. The highest BCUT2D eigenvalue weighted by molar-refractivity contribution is 6.05. The monoisotopic (exact) mass is 464 g/mol. The minimum atomic E-state index is -0.809. The van der Waals surface area contributed by atoms with E-state index in [9.17, 15) is 14.4 Å². The number of benzene rings is 2. The molecule has 2 aromatic carbocycles. The van der Waals surface area contributed by atoms with Crippen LogP contribution in [-0.4, -0.2) is 35.2 Å². The molecule has 1 atom stereocenters. The summed E-state index contributed by atoms with van der Waals surface area (Å²) in [7, 11) is 0. The van der Waals surface area contributed by atoms with Gasteiger partial charge in [-0.15, -0.1) is 5.10 Å². The van der Waals surface area contributed by atoms with Crippen LogP contribution in [-0.2, 0) is 4.79 Å². The number of carbonyl (C=O) groups is 1. The second-order valence-corrected chi connectivity index (χ2v) is 10.1. The second-order valence-electron chi connectivity index (χ2n) is 10.1. The zero-order valence-corrected chi connectivity index (χ0v) is 19.1. The van der Waals surface area contributed by atoms with Gasteiger partial charge in [-0.1, -0.05) is 44.2 Å². The number of aromatic nitrogens is 6. The molecule has 3 aromatic heterocycles. The van der Waals surface area contributed by atoms with Gasteiger partial charge in [0, 0.05) is 22.9 Å². The first-order valence-electron chi connectivity index (χ1n) is 11.5. The minimum absolute atomic E-state index is 0.0703. The first-order chi connectivity index (χ1) is 16.9. The molecule has 2 aliphatic rings. The minimum Gasteiger partial charge on any atom is -0.294 e. The molecule has 0 fully saturated rings. The lowest BCUT2D eigenvalue weighted by atomic mass is 9.74. The summed E-state index contributed by atoms with van der Waals surface area (Å²) in [6, 6.07) is 15.6. The van der Waals surface area contributed by atoms with Gasteiger partial charge in [0.2, 0.25) is 0 Å². The zero-order chi connectivity index (χ0) is 24.1. The average molecular weight is 464 g/mol. The van der Waals surface area contributed by atoms with Crippen molar-refractivity contribution in [3.05, 3.63) is 86.4 Å². The summed E-state index contributed by atoms with van der Waals surface area (Å²) in [5.74, 6) is -0.0703. The molecule has 7 rings (SSSR count). The molecule has 1 aliphatic heterocycles. The van der Waals surface area contributed by atoms with Gasteiger partial charge in [-0.05, 0) is 46.5 Å². The van der Waals surface area contributed by atoms with Crippen LogP contribution in [0.5, 0.6) is 0 Å². The van der Waals surface area contributed by atoms with Crippen molar-refractivity contribution in [2.45, 2.75) is 32.7 Å². The smallest absolute Gasteiger partial charge is 0.277 e. The summed E-state index contributed by atoms with van der Waals surface area (Å²) in [6.07, 6.45) is 0.825. The van der Waals surface area contributed by atoms with Crippen LogP contribution in [0, 0.1) is 5.41 Å². The normalized spacial score (nSPS) is 19.0. The molecule has 0 radical (unpaired) electrons. The van der Waals surface area contributed by atoms with Crippen LogP contribution < -0.4 is 11.1 Å². The fourth-order valence-corrected chi connectivity index (χ4v) is 5.74. The Balaban J connectivity index is 1.66. The molecule has 0 saturated carbocycles. The standard InChI is InChI=1S/C26H20N6O3/c1-26(2)12-19-21(20(33)13-26)22(32-25(35)16-9-5-4-8-15(16)24(34)31(19)32)17-11-14-7-3-6-10-18(14)30-23(17)27-28-29-30/h3-11,22H,12-13H2,1-2H3. The third-order valence-corrected chi connectivity index (χ3v) is 7.17. The first-order valence-corrected chi connectivity index (χ1v) is 11.5. The Morgan fingerprint density at radius 2 is 1.63 bits per heavy atom. The molecule has 9 heteroatoms. The number of fused-ring (bicyclic) bond motifs is 6. The van der Waals surface area contributed by atoms with Gasteiger partial charge in [-0.3, -0.25) is 14.4 Å². The van der Waals surface area contributed by atoms with Gasteiger partial charge in [0.25, 0.3) is 11.1 Å². The second kappa shape index (κ2) is 6.59. The number of carbonyl (C=O) groups excluding carboxylic acids is 1. The highest BCUT2D eigenvalue weighted by Crippen LogP contribution is 2.47. The van der Waals surface area contributed by atoms with Gasteiger partial charge < -0.3 is 0 Å². The van der Waals surface area contributed by atoms with E-state index in [-0.39, 0.29) is 22.3 Å². The number of tetrazole rings is 1. The molecule has 4 heterocycles. The molecule has 1 unspecified atom stereocenters. The number of Topliss-reactive ketones (excluding diaryl/α,β-unsaturated/α-hetero) is 1. The molecule has 0 saturated heterocycles. The first kappa shape index (κ1) is 20.0. The SMILES string of the molecule is CC1(C)CC(=O)C2=C(C1)n1c(=O)c3ccccc3c(=O)n1C2c1cc2ccccc2n2nnnc12. The number of hydrogen-bond acceptors (Lipinski definition) is 6. The van der Waals surface area contributed by atoms with Gasteiger partial charge >= 0.3 is 0 Å². The number of para-hydroxylation sites is 1. The molecule has 172 valence electrons. The topological polar surface area (TPSA) is 104 Å². The molecule has 0 spiro atoms. The highest BCUT2D eigenvalue weighted by atomic mass is 16.2. The fourth-order valence-electron chi connectivity index (χ4n) is 5.74. The van der Waals surface area contributed by atoms with Crippen molar-refractivity contribution in [3.8, 4) is 0 Å². The summed E-state index contributed by atoms with van der Waals surface area (Å²) in [5.41, 5.74) is 1.94. The van der Waals surface area contributed by atoms with Gasteiger partial charge in [0.1, 0.15) is 6.04 Å². The summed E-state index contributed by atoms with van der Waals surface area (Å²) >= 11 is 0. The van der Waals surface area contributed by atoms with E-state index in [0.717, 1.165) is 10.9 Å². The maximum atomic E-state index is 13.9. The van der Waals surface area contributed by atoms with E-state index < -0.39 is 6.04 Å². The molecular weight excluding hydrogens is 444 g/mol. The molecule has 0 bridgehead atoms. The largest absolute Gasteiger partial charge is 0.294 e. The van der Waals surface area contributed by atoms with Crippen LogP contribution in [0.1, 0.15) is 38.3 Å². The summed E-state index contributed by atoms with van der Waals surface area (Å²) in [6.45, 7) is 4.01. The predicted molar refractivity (Wildman–Crippen MR) is 130 cm³/mol. The van der Waals surface area contributed by atoms with Crippen LogP contribution in [0.15, 0.2) is 69.8 Å². The molecule has 5 aromatic rings. The Hall–Kier alpha value is -4.40. The lowest BCUT2D eigenvalue weighted by Gasteiger charge is -2.30. The maximum absolute atomic E-state index is 13.9. The summed E-state index contributed by atoms with van der Waals surface area (Å²) in [5, 5.41) is 13.8. The van der Waals surface area contributed by atoms with E-state index in [0.29, 0.717) is 46.1 Å². The Bertz CT molecular complexity index is 1910. The van der Waals surface area contributed by atoms with Gasteiger partial charge in [-0.2, -0.15) is 4.52 Å². The van der Waals surface area contributed by atoms with Crippen molar-refractivity contribution >= 4 is 38.8 Å². The van der Waals surface area contributed by atoms with Crippen molar-refractivity contribution in [2.24, 2.45) is 5.41 Å². The zero-order valence-electron chi connectivity index (χ0n) is 19.1. The number of pyridine rings is 1. The Morgan fingerprint density at radius 3 is 2.43 bits per heavy atom. The van der Waals surface area contributed by atoms with E-state index >= 15 is 0 Å². The molecule has 35 heavy (non-hydrogen) atoms. The quantitative estimate of drug-likeness (QED) is 0.378. The van der Waals surface area contributed by atoms with Gasteiger partial charge in [0.05, 0.1) is 22.0 Å². The Labute approximate surface area is 197 Å². The van der Waals surface area contributed by atoms with Crippen molar-refractivity contribution in [1.82, 2.24) is 29.4 Å². The van der Waals surface area contributed by atoms with Crippen molar-refractivity contribution in [3.63, 3.8) is 0 Å². The van der Waals surface area contributed by atoms with E-state index in [1.54, 1.807) is 28.8 Å². The fraction of sp³-hybridized carbons (Fsp3) is 0.231. The average Bonchev–Trinajstić information content (AvgIpc) is 3.45. The van der Waals surface area contributed by atoms with Crippen molar-refractivity contribution in [1.29, 1.82) is 0 Å². The number of rotatable bonds is 1. The van der Waals surface area contributed by atoms with E-state index in [2.05, 4.69) is 15.5 Å². The Kier molecular flexibility index (Phi) is 3.77. The van der Waals surface area contributed by atoms with E-state index in [1.165, 1.54) is 9.36 Å². The lowest BCUT2D eigenvalue weighted by Crippen LogP contribution is -2.37. The van der Waals surface area contributed by atoms with E-state index in [4.69, 9.17) is 0 Å². The van der Waals surface area contributed by atoms with Crippen molar-refractivity contribution in [2.75, 3.05) is 0 Å². The maximum Gasteiger partial charge on any atom is 0.277 e. The molecule has 0 N–H and O–H groups in total. The van der Waals surface area contributed by atoms with Gasteiger partial charge in [0.15, 0.2) is 11.4 Å². The highest BCUT2D eigenvalue weighted by Gasteiger charge is 2.45. The number of ketones is 1. The predicted octanol–water partition coefficient (Wildman–Crippen LogP) is 2.96. The lowest BCUT2D eigenvalue weighted by molar-refractivity contribution is -0.118. The van der Waals surface area contributed by atoms with Crippen LogP contribution in [0.4, 0.5) is 0 Å².